The zero-order valence-corrected chi connectivity index (χ0v) is 19.9. The molecule has 1 atom stereocenters. The molecule has 7 nitrogen and oxygen atoms in total. The summed E-state index contributed by atoms with van der Waals surface area (Å²) in [6.07, 6.45) is 3.31. The van der Waals surface area contributed by atoms with Crippen LogP contribution >= 0.6 is 11.3 Å². The average molecular weight is 477 g/mol. The van der Waals surface area contributed by atoms with Crippen LogP contribution in [-0.2, 0) is 9.53 Å². The zero-order chi connectivity index (χ0) is 24.2. The number of methoxy groups -OCH3 is 2. The number of benzene rings is 2. The molecule has 174 valence electrons. The number of esters is 1. The van der Waals surface area contributed by atoms with Crippen molar-refractivity contribution in [3.63, 3.8) is 0 Å². The predicted octanol–water partition coefficient (Wildman–Crippen LogP) is 2.98. The van der Waals surface area contributed by atoms with Crippen molar-refractivity contribution in [2.75, 3.05) is 20.8 Å². The van der Waals surface area contributed by atoms with Gasteiger partial charge in [-0.1, -0.05) is 48.3 Å². The molecule has 3 aromatic rings. The van der Waals surface area contributed by atoms with E-state index in [1.807, 2.05) is 42.5 Å². The Morgan fingerprint density at radius 2 is 1.71 bits per heavy atom. The molecular formula is C26H24N2O5S. The predicted molar refractivity (Wildman–Crippen MR) is 131 cm³/mol. The SMILES string of the molecule is C=CCOC(=O)C1=C(C)N=c2s/c(=C\c3ccc(OC)cc3)c(=O)n2C1c1ccc(OC)cc1. The Balaban J connectivity index is 1.89. The molecular weight excluding hydrogens is 452 g/mol. The van der Waals surface area contributed by atoms with Crippen molar-refractivity contribution < 1.29 is 19.0 Å². The van der Waals surface area contributed by atoms with Crippen molar-refractivity contribution in [3.05, 3.63) is 103 Å². The van der Waals surface area contributed by atoms with Crippen LogP contribution < -0.4 is 24.4 Å². The second-order valence-corrected chi connectivity index (χ2v) is 8.52. The van der Waals surface area contributed by atoms with E-state index in [0.29, 0.717) is 26.4 Å². The minimum Gasteiger partial charge on any atom is -0.497 e. The van der Waals surface area contributed by atoms with E-state index in [2.05, 4.69) is 11.6 Å². The van der Waals surface area contributed by atoms with Crippen LogP contribution in [0.25, 0.3) is 6.08 Å². The fourth-order valence-corrected chi connectivity index (χ4v) is 4.79. The smallest absolute Gasteiger partial charge is 0.338 e. The molecule has 1 unspecified atom stereocenters. The minimum atomic E-state index is -0.683. The number of carbonyl (C=O) groups is 1. The summed E-state index contributed by atoms with van der Waals surface area (Å²) in [5, 5.41) is 0. The van der Waals surface area contributed by atoms with Gasteiger partial charge in [0, 0.05) is 0 Å². The van der Waals surface area contributed by atoms with Gasteiger partial charge in [-0.15, -0.1) is 0 Å². The summed E-state index contributed by atoms with van der Waals surface area (Å²) in [4.78, 5) is 31.7. The Bertz CT molecular complexity index is 1430. The van der Waals surface area contributed by atoms with Crippen LogP contribution in [0.15, 0.2) is 82.2 Å². The molecule has 0 fully saturated rings. The normalized spacial score (nSPS) is 15.4. The molecule has 0 spiro atoms. The molecule has 1 aliphatic heterocycles. The van der Waals surface area contributed by atoms with Crippen molar-refractivity contribution in [3.8, 4) is 11.5 Å². The first-order valence-corrected chi connectivity index (χ1v) is 11.4. The molecule has 2 heterocycles. The number of nitrogens with zero attached hydrogens (tertiary/aromatic N) is 2. The lowest BCUT2D eigenvalue weighted by Crippen LogP contribution is -2.39. The quantitative estimate of drug-likeness (QED) is 0.387. The second-order valence-electron chi connectivity index (χ2n) is 7.52. The number of hydrogen-bond acceptors (Lipinski definition) is 7. The van der Waals surface area contributed by atoms with E-state index in [-0.39, 0.29) is 12.2 Å². The maximum atomic E-state index is 13.6. The van der Waals surface area contributed by atoms with Gasteiger partial charge in [-0.3, -0.25) is 9.36 Å². The number of allylic oxidation sites excluding steroid dienone is 1. The van der Waals surface area contributed by atoms with E-state index in [1.165, 1.54) is 17.4 Å². The highest BCUT2D eigenvalue weighted by molar-refractivity contribution is 7.07. The van der Waals surface area contributed by atoms with Crippen LogP contribution in [0.1, 0.15) is 24.1 Å². The van der Waals surface area contributed by atoms with Crippen LogP contribution in [0.2, 0.25) is 0 Å². The largest absolute Gasteiger partial charge is 0.497 e. The second kappa shape index (κ2) is 9.93. The van der Waals surface area contributed by atoms with Crippen molar-refractivity contribution in [1.29, 1.82) is 0 Å². The van der Waals surface area contributed by atoms with E-state index in [4.69, 9.17) is 14.2 Å². The third-order valence-corrected chi connectivity index (χ3v) is 6.40. The van der Waals surface area contributed by atoms with Gasteiger partial charge in [-0.05, 0) is 48.4 Å². The number of aromatic nitrogens is 1. The van der Waals surface area contributed by atoms with Gasteiger partial charge < -0.3 is 14.2 Å². The fourth-order valence-electron chi connectivity index (χ4n) is 3.75. The molecule has 34 heavy (non-hydrogen) atoms. The van der Waals surface area contributed by atoms with Gasteiger partial charge in [-0.25, -0.2) is 9.79 Å². The van der Waals surface area contributed by atoms with Gasteiger partial charge in [-0.2, -0.15) is 0 Å². The van der Waals surface area contributed by atoms with Gasteiger partial charge in [0.2, 0.25) is 0 Å². The topological polar surface area (TPSA) is 79.1 Å². The summed E-state index contributed by atoms with van der Waals surface area (Å²) in [7, 11) is 3.19. The Morgan fingerprint density at radius 3 is 2.29 bits per heavy atom. The number of rotatable bonds is 7. The highest BCUT2D eigenvalue weighted by Crippen LogP contribution is 2.31. The van der Waals surface area contributed by atoms with Gasteiger partial charge in [0.15, 0.2) is 4.80 Å². The number of ether oxygens (including phenoxy) is 3. The van der Waals surface area contributed by atoms with Crippen LogP contribution in [0.5, 0.6) is 11.5 Å². The maximum absolute atomic E-state index is 13.6. The molecule has 1 aliphatic rings. The van der Waals surface area contributed by atoms with E-state index < -0.39 is 12.0 Å². The average Bonchev–Trinajstić information content (AvgIpc) is 3.16. The van der Waals surface area contributed by atoms with Gasteiger partial charge in [0.05, 0.1) is 36.1 Å². The summed E-state index contributed by atoms with van der Waals surface area (Å²) in [6.45, 7) is 5.41. The minimum absolute atomic E-state index is 0.0623. The van der Waals surface area contributed by atoms with Gasteiger partial charge in [0.1, 0.15) is 18.1 Å². The lowest BCUT2D eigenvalue weighted by Gasteiger charge is -2.24. The lowest BCUT2D eigenvalue weighted by molar-refractivity contribution is -0.138. The van der Waals surface area contributed by atoms with Gasteiger partial charge in [0.25, 0.3) is 5.56 Å². The van der Waals surface area contributed by atoms with Crippen LogP contribution in [0, 0.1) is 0 Å². The number of hydrogen-bond donors (Lipinski definition) is 0. The first kappa shape index (κ1) is 23.3. The first-order valence-electron chi connectivity index (χ1n) is 10.6. The molecule has 1 aromatic heterocycles. The summed E-state index contributed by atoms with van der Waals surface area (Å²) in [5.41, 5.74) is 2.19. The summed E-state index contributed by atoms with van der Waals surface area (Å²) < 4.78 is 17.9. The Morgan fingerprint density at radius 1 is 1.09 bits per heavy atom. The standard InChI is InChI=1S/C26H24N2O5S/c1-5-14-33-25(30)22-16(2)27-26-28(23(22)18-8-12-20(32-4)13-9-18)24(29)21(34-26)15-17-6-10-19(31-3)11-7-17/h5-13,15,23H,1,14H2,2-4H3/b21-15-. The van der Waals surface area contributed by atoms with E-state index in [1.54, 1.807) is 37.8 Å². The van der Waals surface area contributed by atoms with E-state index >= 15 is 0 Å². The summed E-state index contributed by atoms with van der Waals surface area (Å²) in [6, 6.07) is 14.0. The molecule has 2 aromatic carbocycles. The Labute approximate surface area is 200 Å². The van der Waals surface area contributed by atoms with Crippen LogP contribution in [0.3, 0.4) is 0 Å². The Hall–Kier alpha value is -3.91. The monoisotopic (exact) mass is 476 g/mol. The number of fused-ring (bicyclic) bond motifs is 1. The summed E-state index contributed by atoms with van der Waals surface area (Å²) in [5.74, 6) is 0.870. The summed E-state index contributed by atoms with van der Waals surface area (Å²) >= 11 is 1.28. The molecule has 8 heteroatoms. The van der Waals surface area contributed by atoms with Crippen LogP contribution in [-0.4, -0.2) is 31.4 Å². The molecule has 0 radical (unpaired) electrons. The highest BCUT2D eigenvalue weighted by atomic mass is 32.1. The number of thiazole rings is 1. The first-order chi connectivity index (χ1) is 16.5. The molecule has 0 bridgehead atoms. The fraction of sp³-hybridized carbons (Fsp3) is 0.192. The van der Waals surface area contributed by atoms with E-state index in [9.17, 15) is 9.59 Å². The van der Waals surface area contributed by atoms with Crippen LogP contribution in [0.4, 0.5) is 0 Å². The molecule has 0 saturated heterocycles. The highest BCUT2D eigenvalue weighted by Gasteiger charge is 2.33. The maximum Gasteiger partial charge on any atom is 0.338 e. The van der Waals surface area contributed by atoms with Crippen molar-refractivity contribution in [2.24, 2.45) is 4.99 Å². The molecule has 0 N–H and O–H groups in total. The van der Waals surface area contributed by atoms with Crippen molar-refractivity contribution >= 4 is 23.4 Å². The van der Waals surface area contributed by atoms with Crippen molar-refractivity contribution in [2.45, 2.75) is 13.0 Å². The molecule has 0 saturated carbocycles. The third-order valence-electron chi connectivity index (χ3n) is 5.42. The van der Waals surface area contributed by atoms with E-state index in [0.717, 1.165) is 16.9 Å². The van der Waals surface area contributed by atoms with Crippen molar-refractivity contribution in [1.82, 2.24) is 4.57 Å². The molecule has 4 rings (SSSR count). The number of carbonyl (C=O) groups excluding carboxylic acids is 1. The molecule has 0 amide bonds. The third kappa shape index (κ3) is 4.45. The lowest BCUT2D eigenvalue weighted by atomic mass is 9.96. The van der Waals surface area contributed by atoms with Gasteiger partial charge >= 0.3 is 5.97 Å². The zero-order valence-electron chi connectivity index (χ0n) is 19.1. The molecule has 0 aliphatic carbocycles. The Kier molecular flexibility index (Phi) is 6.79.